The van der Waals surface area contributed by atoms with Crippen molar-refractivity contribution in [2.45, 2.75) is 0 Å². The molecule has 2 heterocycles. The number of piperazine rings is 1. The summed E-state index contributed by atoms with van der Waals surface area (Å²) >= 11 is 6.21. The summed E-state index contributed by atoms with van der Waals surface area (Å²) in [6, 6.07) is 1.58. The van der Waals surface area contributed by atoms with E-state index in [4.69, 9.17) is 22.7 Å². The minimum atomic E-state index is -3.16. The molecular formula is C11H16ClN5O2S. The highest BCUT2D eigenvalue weighted by Crippen LogP contribution is 2.27. The largest absolute Gasteiger partial charge is 0.384 e. The molecule has 0 atom stereocenters. The minimum Gasteiger partial charge on any atom is -0.384 e. The van der Waals surface area contributed by atoms with Crippen LogP contribution in [0.5, 0.6) is 0 Å². The molecule has 0 saturated carbocycles. The topological polar surface area (TPSA) is 103 Å². The summed E-state index contributed by atoms with van der Waals surface area (Å²) in [4.78, 5) is 6.11. The van der Waals surface area contributed by atoms with Crippen molar-refractivity contribution in [2.24, 2.45) is 5.73 Å². The van der Waals surface area contributed by atoms with Crippen LogP contribution in [0.3, 0.4) is 0 Å². The van der Waals surface area contributed by atoms with Crippen molar-refractivity contribution in [2.75, 3.05) is 37.3 Å². The molecule has 110 valence electrons. The number of hydrogen-bond acceptors (Lipinski definition) is 5. The summed E-state index contributed by atoms with van der Waals surface area (Å²) < 4.78 is 24.3. The maximum atomic E-state index is 11.5. The SMILES string of the molecule is CS(=O)(=O)N1CCN(c2nccc(C(=N)N)c2Cl)CC1. The number of aromatic nitrogens is 1. The van der Waals surface area contributed by atoms with Gasteiger partial charge in [-0.25, -0.2) is 13.4 Å². The zero-order valence-corrected chi connectivity index (χ0v) is 12.6. The molecule has 0 radical (unpaired) electrons. The van der Waals surface area contributed by atoms with Gasteiger partial charge in [0.25, 0.3) is 0 Å². The molecule has 1 fully saturated rings. The molecule has 9 heteroatoms. The number of nitrogen functional groups attached to an aromatic ring is 1. The maximum Gasteiger partial charge on any atom is 0.211 e. The highest BCUT2D eigenvalue weighted by molar-refractivity contribution is 7.88. The molecule has 1 aliphatic rings. The lowest BCUT2D eigenvalue weighted by Gasteiger charge is -2.34. The highest BCUT2D eigenvalue weighted by atomic mass is 35.5. The smallest absolute Gasteiger partial charge is 0.211 e. The fourth-order valence-electron chi connectivity index (χ4n) is 2.09. The Bertz CT molecular complexity index is 626. The van der Waals surface area contributed by atoms with Crippen molar-refractivity contribution < 1.29 is 8.42 Å². The molecule has 0 unspecified atom stereocenters. The van der Waals surface area contributed by atoms with E-state index in [1.807, 2.05) is 4.90 Å². The second kappa shape index (κ2) is 5.55. The Morgan fingerprint density at radius 2 is 2.00 bits per heavy atom. The van der Waals surface area contributed by atoms with Crippen molar-refractivity contribution >= 4 is 33.3 Å². The van der Waals surface area contributed by atoms with Gasteiger partial charge < -0.3 is 10.6 Å². The van der Waals surface area contributed by atoms with E-state index in [2.05, 4.69) is 4.98 Å². The minimum absolute atomic E-state index is 0.117. The normalized spacial score (nSPS) is 17.2. The number of nitrogens with zero attached hydrogens (tertiary/aromatic N) is 3. The van der Waals surface area contributed by atoms with Crippen LogP contribution in [0.25, 0.3) is 0 Å². The highest BCUT2D eigenvalue weighted by Gasteiger charge is 2.25. The quantitative estimate of drug-likeness (QED) is 0.608. The first-order chi connectivity index (χ1) is 9.30. The number of sulfonamides is 1. The van der Waals surface area contributed by atoms with E-state index in [0.717, 1.165) is 0 Å². The van der Waals surface area contributed by atoms with Crippen molar-refractivity contribution in [3.05, 3.63) is 22.8 Å². The molecule has 0 amide bonds. The molecule has 2 rings (SSSR count). The van der Waals surface area contributed by atoms with Crippen LogP contribution in [0.15, 0.2) is 12.3 Å². The van der Waals surface area contributed by atoms with E-state index >= 15 is 0 Å². The Hall–Kier alpha value is -1.38. The molecule has 7 nitrogen and oxygen atoms in total. The van der Waals surface area contributed by atoms with Crippen LogP contribution >= 0.6 is 11.6 Å². The average Bonchev–Trinajstić information content (AvgIpc) is 2.38. The van der Waals surface area contributed by atoms with E-state index in [9.17, 15) is 8.42 Å². The van der Waals surface area contributed by atoms with Gasteiger partial charge in [-0.1, -0.05) is 11.6 Å². The van der Waals surface area contributed by atoms with E-state index in [-0.39, 0.29) is 5.84 Å². The van der Waals surface area contributed by atoms with E-state index in [1.54, 1.807) is 12.3 Å². The molecule has 0 aromatic carbocycles. The molecule has 1 aliphatic heterocycles. The summed E-state index contributed by atoms with van der Waals surface area (Å²) in [6.07, 6.45) is 2.74. The van der Waals surface area contributed by atoms with Crippen LogP contribution in [0.4, 0.5) is 5.82 Å². The summed E-state index contributed by atoms with van der Waals surface area (Å²) in [7, 11) is -3.16. The predicted molar refractivity (Wildman–Crippen MR) is 78.9 cm³/mol. The summed E-state index contributed by atoms with van der Waals surface area (Å²) in [5, 5.41) is 7.79. The molecule has 0 bridgehead atoms. The van der Waals surface area contributed by atoms with Gasteiger partial charge in [0.2, 0.25) is 10.0 Å². The van der Waals surface area contributed by atoms with Gasteiger partial charge in [0.05, 0.1) is 11.3 Å². The standard InChI is InChI=1S/C11H16ClN5O2S/c1-20(18,19)17-6-4-16(5-7-17)11-9(12)8(10(13)14)2-3-15-11/h2-3H,4-7H2,1H3,(H3,13,14). The number of hydrogen-bond donors (Lipinski definition) is 2. The van der Waals surface area contributed by atoms with Gasteiger partial charge in [-0.3, -0.25) is 5.41 Å². The van der Waals surface area contributed by atoms with Gasteiger partial charge >= 0.3 is 0 Å². The lowest BCUT2D eigenvalue weighted by Crippen LogP contribution is -2.48. The summed E-state index contributed by atoms with van der Waals surface area (Å²) in [6.45, 7) is 1.78. The van der Waals surface area contributed by atoms with Crippen LogP contribution in [-0.4, -0.2) is 56.0 Å². The van der Waals surface area contributed by atoms with Crippen LogP contribution in [0.2, 0.25) is 5.02 Å². The zero-order chi connectivity index (χ0) is 14.9. The zero-order valence-electron chi connectivity index (χ0n) is 11.0. The molecule has 1 aromatic rings. The van der Waals surface area contributed by atoms with Crippen molar-refractivity contribution in [3.8, 4) is 0 Å². The molecule has 1 aromatic heterocycles. The lowest BCUT2D eigenvalue weighted by molar-refractivity contribution is 0.387. The number of amidine groups is 1. The van der Waals surface area contributed by atoms with Gasteiger partial charge in [0.1, 0.15) is 11.7 Å². The van der Waals surface area contributed by atoms with Gasteiger partial charge in [0, 0.05) is 37.9 Å². The fraction of sp³-hybridized carbons (Fsp3) is 0.455. The van der Waals surface area contributed by atoms with E-state index in [0.29, 0.717) is 42.6 Å². The van der Waals surface area contributed by atoms with Gasteiger partial charge in [-0.05, 0) is 6.07 Å². The number of anilines is 1. The first kappa shape index (κ1) is 15.0. The Morgan fingerprint density at radius 3 is 2.50 bits per heavy atom. The van der Waals surface area contributed by atoms with Gasteiger partial charge in [0.15, 0.2) is 0 Å². The van der Waals surface area contributed by atoms with Gasteiger partial charge in [-0.2, -0.15) is 4.31 Å². The van der Waals surface area contributed by atoms with Crippen molar-refractivity contribution in [3.63, 3.8) is 0 Å². The monoisotopic (exact) mass is 317 g/mol. The third kappa shape index (κ3) is 3.02. The van der Waals surface area contributed by atoms with E-state index in [1.165, 1.54) is 10.6 Å². The van der Waals surface area contributed by atoms with Gasteiger partial charge in [-0.15, -0.1) is 0 Å². The first-order valence-corrected chi connectivity index (χ1v) is 8.22. The third-order valence-electron chi connectivity index (χ3n) is 3.17. The lowest BCUT2D eigenvalue weighted by atomic mass is 10.2. The number of rotatable bonds is 3. The van der Waals surface area contributed by atoms with Crippen LogP contribution in [0.1, 0.15) is 5.56 Å². The van der Waals surface area contributed by atoms with Crippen LogP contribution in [0, 0.1) is 5.41 Å². The second-order valence-electron chi connectivity index (χ2n) is 4.56. The molecule has 20 heavy (non-hydrogen) atoms. The number of nitrogens with two attached hydrogens (primary N) is 1. The summed E-state index contributed by atoms with van der Waals surface area (Å²) in [5.74, 6) is 0.418. The molecule has 0 spiro atoms. The Morgan fingerprint density at radius 1 is 1.40 bits per heavy atom. The number of pyridine rings is 1. The molecular weight excluding hydrogens is 302 g/mol. The van der Waals surface area contributed by atoms with Crippen molar-refractivity contribution in [1.82, 2.24) is 9.29 Å². The molecule has 0 aliphatic carbocycles. The first-order valence-electron chi connectivity index (χ1n) is 5.99. The fourth-order valence-corrected chi connectivity index (χ4v) is 3.25. The second-order valence-corrected chi connectivity index (χ2v) is 6.92. The predicted octanol–water partition coefficient (Wildman–Crippen LogP) is 0.101. The Balaban J connectivity index is 2.19. The maximum absolute atomic E-state index is 11.5. The van der Waals surface area contributed by atoms with Crippen LogP contribution < -0.4 is 10.6 Å². The average molecular weight is 318 g/mol. The molecule has 1 saturated heterocycles. The Kier molecular flexibility index (Phi) is 4.17. The number of nitrogens with one attached hydrogen (secondary N) is 1. The van der Waals surface area contributed by atoms with Crippen molar-refractivity contribution in [1.29, 1.82) is 5.41 Å². The third-order valence-corrected chi connectivity index (χ3v) is 4.84. The number of halogens is 1. The van der Waals surface area contributed by atoms with Crippen LogP contribution in [-0.2, 0) is 10.0 Å². The molecule has 3 N–H and O–H groups in total. The summed E-state index contributed by atoms with van der Waals surface area (Å²) in [5.41, 5.74) is 5.89. The van der Waals surface area contributed by atoms with E-state index < -0.39 is 10.0 Å². The Labute approximate surface area is 122 Å².